The third-order valence-corrected chi connectivity index (χ3v) is 4.12. The number of piperidine rings is 1. The zero-order valence-electron chi connectivity index (χ0n) is 12.8. The van der Waals surface area contributed by atoms with E-state index in [4.69, 9.17) is 8.92 Å². The van der Waals surface area contributed by atoms with Gasteiger partial charge in [-0.15, -0.1) is 0 Å². The van der Waals surface area contributed by atoms with Crippen molar-refractivity contribution >= 4 is 21.8 Å². The summed E-state index contributed by atoms with van der Waals surface area (Å²) in [5.74, 6) is -0.325. The van der Waals surface area contributed by atoms with E-state index in [0.717, 1.165) is 25.0 Å². The molecule has 0 unspecified atom stereocenters. The number of ether oxygens (including phenoxy) is 1. The standard InChI is InChI=1S/C15H21NO5S/c1-3-20-15(17)12-4-6-13(7-5-12)16-10-8-14(9-11-16)21-22(2,18)19/h4-7,14H,3,8-11H2,1-2H3. The van der Waals surface area contributed by atoms with Crippen LogP contribution in [0.25, 0.3) is 0 Å². The van der Waals surface area contributed by atoms with Crippen molar-refractivity contribution in [2.45, 2.75) is 25.9 Å². The van der Waals surface area contributed by atoms with Crippen molar-refractivity contribution in [2.24, 2.45) is 0 Å². The van der Waals surface area contributed by atoms with Gasteiger partial charge in [-0.25, -0.2) is 4.79 Å². The van der Waals surface area contributed by atoms with Gasteiger partial charge in [0, 0.05) is 18.8 Å². The van der Waals surface area contributed by atoms with Gasteiger partial charge < -0.3 is 9.64 Å². The number of esters is 1. The van der Waals surface area contributed by atoms with Crippen molar-refractivity contribution in [1.29, 1.82) is 0 Å². The Kier molecular flexibility index (Phi) is 5.42. The van der Waals surface area contributed by atoms with Crippen LogP contribution < -0.4 is 4.90 Å². The van der Waals surface area contributed by atoms with Gasteiger partial charge >= 0.3 is 5.97 Å². The Bertz CT molecular complexity index is 603. The van der Waals surface area contributed by atoms with Crippen molar-refractivity contribution in [3.63, 3.8) is 0 Å². The minimum Gasteiger partial charge on any atom is -0.462 e. The number of carbonyl (C=O) groups excluding carboxylic acids is 1. The van der Waals surface area contributed by atoms with Crippen LogP contribution in [0.5, 0.6) is 0 Å². The second-order valence-corrected chi connectivity index (χ2v) is 6.85. The number of benzene rings is 1. The van der Waals surface area contributed by atoms with E-state index < -0.39 is 10.1 Å². The fourth-order valence-corrected chi connectivity index (χ4v) is 3.17. The van der Waals surface area contributed by atoms with Crippen LogP contribution in [0.3, 0.4) is 0 Å². The average Bonchev–Trinajstić information content (AvgIpc) is 2.47. The number of anilines is 1. The maximum absolute atomic E-state index is 11.6. The molecule has 0 spiro atoms. The molecule has 0 amide bonds. The summed E-state index contributed by atoms with van der Waals surface area (Å²) in [5.41, 5.74) is 1.53. The first kappa shape index (κ1) is 16.8. The highest BCUT2D eigenvalue weighted by Gasteiger charge is 2.23. The van der Waals surface area contributed by atoms with Gasteiger partial charge in [0.15, 0.2) is 0 Å². The average molecular weight is 327 g/mol. The molecule has 122 valence electrons. The lowest BCUT2D eigenvalue weighted by molar-refractivity contribution is 0.0526. The number of nitrogens with zero attached hydrogens (tertiary/aromatic N) is 1. The summed E-state index contributed by atoms with van der Waals surface area (Å²) in [5, 5.41) is 0. The summed E-state index contributed by atoms with van der Waals surface area (Å²) < 4.78 is 32.2. The smallest absolute Gasteiger partial charge is 0.338 e. The number of hydrogen-bond acceptors (Lipinski definition) is 6. The van der Waals surface area contributed by atoms with Crippen LogP contribution in [0.1, 0.15) is 30.1 Å². The van der Waals surface area contributed by atoms with Crippen molar-refractivity contribution in [1.82, 2.24) is 0 Å². The second kappa shape index (κ2) is 7.11. The van der Waals surface area contributed by atoms with Gasteiger partial charge in [0.05, 0.1) is 24.5 Å². The van der Waals surface area contributed by atoms with E-state index in [1.807, 2.05) is 12.1 Å². The van der Waals surface area contributed by atoms with E-state index >= 15 is 0 Å². The third kappa shape index (κ3) is 4.71. The third-order valence-electron chi connectivity index (χ3n) is 3.50. The van der Waals surface area contributed by atoms with Gasteiger partial charge in [-0.2, -0.15) is 8.42 Å². The summed E-state index contributed by atoms with van der Waals surface area (Å²) in [7, 11) is -3.40. The molecule has 2 rings (SSSR count). The summed E-state index contributed by atoms with van der Waals surface area (Å²) in [6.45, 7) is 3.57. The molecule has 0 atom stereocenters. The predicted molar refractivity (Wildman–Crippen MR) is 83.6 cm³/mol. The number of carbonyl (C=O) groups is 1. The summed E-state index contributed by atoms with van der Waals surface area (Å²) in [6, 6.07) is 7.24. The highest BCUT2D eigenvalue weighted by Crippen LogP contribution is 2.22. The van der Waals surface area contributed by atoms with E-state index in [2.05, 4.69) is 4.90 Å². The maximum Gasteiger partial charge on any atom is 0.338 e. The molecule has 0 radical (unpaired) electrons. The molecule has 1 fully saturated rings. The van der Waals surface area contributed by atoms with Gasteiger partial charge in [0.1, 0.15) is 0 Å². The Morgan fingerprint density at radius 2 is 1.82 bits per heavy atom. The minimum absolute atomic E-state index is 0.245. The molecule has 0 N–H and O–H groups in total. The Labute approximate surface area is 131 Å². The van der Waals surface area contributed by atoms with E-state index in [-0.39, 0.29) is 12.1 Å². The lowest BCUT2D eigenvalue weighted by Crippen LogP contribution is -2.37. The van der Waals surface area contributed by atoms with Crippen molar-refractivity contribution in [3.05, 3.63) is 29.8 Å². The molecule has 1 aromatic rings. The van der Waals surface area contributed by atoms with E-state index in [1.165, 1.54) is 0 Å². The quantitative estimate of drug-likeness (QED) is 0.606. The van der Waals surface area contributed by atoms with Gasteiger partial charge in [0.25, 0.3) is 10.1 Å². The molecule has 7 heteroatoms. The predicted octanol–water partition coefficient (Wildman–Crippen LogP) is 1.81. The molecule has 0 aromatic heterocycles. The summed E-state index contributed by atoms with van der Waals surface area (Å²) >= 11 is 0. The van der Waals surface area contributed by atoms with Crippen LogP contribution in [0, 0.1) is 0 Å². The van der Waals surface area contributed by atoms with Crippen molar-refractivity contribution in [2.75, 3.05) is 30.9 Å². The van der Waals surface area contributed by atoms with Gasteiger partial charge in [-0.3, -0.25) is 4.18 Å². The second-order valence-electron chi connectivity index (χ2n) is 5.25. The van der Waals surface area contributed by atoms with Crippen LogP contribution in [-0.2, 0) is 19.0 Å². The Morgan fingerprint density at radius 3 is 2.32 bits per heavy atom. The van der Waals surface area contributed by atoms with Crippen molar-refractivity contribution in [3.8, 4) is 0 Å². The molecule has 0 saturated carbocycles. The minimum atomic E-state index is -3.40. The van der Waals surface area contributed by atoms with E-state index in [0.29, 0.717) is 25.0 Å². The topological polar surface area (TPSA) is 72.9 Å². The van der Waals surface area contributed by atoms with E-state index in [9.17, 15) is 13.2 Å². The van der Waals surface area contributed by atoms with Crippen LogP contribution in [0.15, 0.2) is 24.3 Å². The molecule has 1 aliphatic rings. The SMILES string of the molecule is CCOC(=O)c1ccc(N2CCC(OS(C)(=O)=O)CC2)cc1. The van der Waals surface area contributed by atoms with Gasteiger partial charge in [0.2, 0.25) is 0 Å². The summed E-state index contributed by atoms with van der Waals surface area (Å²) in [4.78, 5) is 13.7. The first-order valence-electron chi connectivity index (χ1n) is 7.29. The molecule has 22 heavy (non-hydrogen) atoms. The van der Waals surface area contributed by atoms with Gasteiger partial charge in [-0.1, -0.05) is 0 Å². The van der Waals surface area contributed by atoms with E-state index in [1.54, 1.807) is 19.1 Å². The lowest BCUT2D eigenvalue weighted by Gasteiger charge is -2.32. The molecule has 6 nitrogen and oxygen atoms in total. The van der Waals surface area contributed by atoms with Crippen LogP contribution in [0.4, 0.5) is 5.69 Å². The Hall–Kier alpha value is -1.60. The van der Waals surface area contributed by atoms with Crippen molar-refractivity contribution < 1.29 is 22.1 Å². The summed E-state index contributed by atoms with van der Waals surface area (Å²) in [6.07, 6.45) is 2.15. The van der Waals surface area contributed by atoms with Gasteiger partial charge in [-0.05, 0) is 44.0 Å². The first-order chi connectivity index (χ1) is 10.4. The molecule has 1 saturated heterocycles. The number of hydrogen-bond donors (Lipinski definition) is 0. The lowest BCUT2D eigenvalue weighted by atomic mass is 10.1. The molecule has 0 aliphatic carbocycles. The molecular weight excluding hydrogens is 306 g/mol. The van der Waals surface area contributed by atoms with Crippen LogP contribution >= 0.6 is 0 Å². The number of rotatable bonds is 5. The monoisotopic (exact) mass is 327 g/mol. The Balaban J connectivity index is 1.93. The highest BCUT2D eigenvalue weighted by atomic mass is 32.2. The maximum atomic E-state index is 11.6. The molecule has 1 aromatic carbocycles. The zero-order valence-corrected chi connectivity index (χ0v) is 13.6. The van der Waals surface area contributed by atoms with Crippen LogP contribution in [0.2, 0.25) is 0 Å². The molecule has 1 aliphatic heterocycles. The normalized spacial score (nSPS) is 16.5. The van der Waals surface area contributed by atoms with Crippen LogP contribution in [-0.4, -0.2) is 46.4 Å². The molecule has 1 heterocycles. The fraction of sp³-hybridized carbons (Fsp3) is 0.533. The Morgan fingerprint density at radius 1 is 1.23 bits per heavy atom. The highest BCUT2D eigenvalue weighted by molar-refractivity contribution is 7.86. The molecule has 0 bridgehead atoms. The fourth-order valence-electron chi connectivity index (χ4n) is 2.48. The largest absolute Gasteiger partial charge is 0.462 e. The first-order valence-corrected chi connectivity index (χ1v) is 9.11. The molecular formula is C15H21NO5S. The zero-order chi connectivity index (χ0) is 16.2.